The second kappa shape index (κ2) is 4.17. The van der Waals surface area contributed by atoms with Gasteiger partial charge in [0.1, 0.15) is 0 Å². The molecule has 1 saturated heterocycles. The van der Waals surface area contributed by atoms with Crippen molar-refractivity contribution in [2.75, 3.05) is 13.1 Å². The van der Waals surface area contributed by atoms with Gasteiger partial charge in [0.25, 0.3) is 0 Å². The van der Waals surface area contributed by atoms with Crippen LogP contribution in [-0.4, -0.2) is 37.7 Å². The molecule has 8 heteroatoms. The van der Waals surface area contributed by atoms with Gasteiger partial charge in [0.05, 0.1) is 6.10 Å². The molecule has 1 aliphatic rings. The van der Waals surface area contributed by atoms with E-state index >= 15 is 0 Å². The molecule has 0 amide bonds. The van der Waals surface area contributed by atoms with Crippen LogP contribution in [-0.2, 0) is 4.74 Å². The van der Waals surface area contributed by atoms with E-state index in [2.05, 4.69) is 10.1 Å². The summed E-state index contributed by atoms with van der Waals surface area (Å²) in [4.78, 5) is 0. The van der Waals surface area contributed by atoms with Gasteiger partial charge in [0.15, 0.2) is 0 Å². The van der Waals surface area contributed by atoms with Crippen LogP contribution in [0.4, 0.5) is 26.3 Å². The molecule has 0 aromatic rings. The Labute approximate surface area is 81.6 Å². The van der Waals surface area contributed by atoms with Gasteiger partial charge in [-0.3, -0.25) is 0 Å². The van der Waals surface area contributed by atoms with Crippen LogP contribution in [0.25, 0.3) is 0 Å². The number of ether oxygens (including phenoxy) is 1. The fourth-order valence-corrected chi connectivity index (χ4v) is 1.28. The van der Waals surface area contributed by atoms with Gasteiger partial charge in [0, 0.05) is 6.54 Å². The first-order chi connectivity index (χ1) is 6.71. The van der Waals surface area contributed by atoms with Crippen LogP contribution in [0.15, 0.2) is 0 Å². The van der Waals surface area contributed by atoms with E-state index < -0.39 is 24.6 Å². The Balaban J connectivity index is 2.65. The van der Waals surface area contributed by atoms with E-state index in [1.165, 1.54) is 0 Å². The Morgan fingerprint density at radius 1 is 1.07 bits per heavy atom. The van der Waals surface area contributed by atoms with Gasteiger partial charge >= 0.3 is 12.4 Å². The highest BCUT2D eigenvalue weighted by molar-refractivity contribution is 4.80. The average molecular weight is 237 g/mol. The van der Waals surface area contributed by atoms with Crippen molar-refractivity contribution in [1.29, 1.82) is 0 Å². The van der Waals surface area contributed by atoms with Gasteiger partial charge in [-0.15, -0.1) is 0 Å². The summed E-state index contributed by atoms with van der Waals surface area (Å²) in [6, 6.07) is 0. The highest BCUT2D eigenvalue weighted by atomic mass is 19.4. The summed E-state index contributed by atoms with van der Waals surface area (Å²) in [5.41, 5.74) is 0. The molecule has 0 bridgehead atoms. The number of rotatable bonds is 2. The summed E-state index contributed by atoms with van der Waals surface area (Å²) in [5.74, 6) is 0. The second-order valence-electron chi connectivity index (χ2n) is 3.21. The van der Waals surface area contributed by atoms with Crippen LogP contribution in [0.1, 0.15) is 6.42 Å². The molecule has 90 valence electrons. The van der Waals surface area contributed by atoms with Gasteiger partial charge in [-0.25, -0.2) is 0 Å². The van der Waals surface area contributed by atoms with E-state index in [1.54, 1.807) is 0 Å². The smallest absolute Gasteiger partial charge is 0.356 e. The lowest BCUT2D eigenvalue weighted by Crippen LogP contribution is -2.46. The average Bonchev–Trinajstić information content (AvgIpc) is 2.46. The lowest BCUT2D eigenvalue weighted by molar-refractivity contribution is -0.329. The zero-order valence-corrected chi connectivity index (χ0v) is 7.45. The summed E-state index contributed by atoms with van der Waals surface area (Å²) in [5, 5.41) is 2.62. The van der Waals surface area contributed by atoms with Crippen LogP contribution in [0.2, 0.25) is 0 Å². The Kier molecular flexibility index (Phi) is 3.49. The summed E-state index contributed by atoms with van der Waals surface area (Å²) in [6.07, 6.45) is -15.4. The molecular formula is C7H9F6NO. The third-order valence-corrected chi connectivity index (χ3v) is 1.94. The number of halogens is 6. The molecule has 0 spiro atoms. The maximum atomic E-state index is 12.0. The van der Waals surface area contributed by atoms with Gasteiger partial charge in [-0.05, 0) is 13.0 Å². The topological polar surface area (TPSA) is 21.3 Å². The zero-order valence-electron chi connectivity index (χ0n) is 7.45. The summed E-state index contributed by atoms with van der Waals surface area (Å²) in [6.45, 7) is 0.385. The molecule has 1 aliphatic heterocycles. The van der Waals surface area contributed by atoms with Crippen LogP contribution < -0.4 is 5.32 Å². The van der Waals surface area contributed by atoms with Crippen LogP contribution in [0, 0.1) is 0 Å². The van der Waals surface area contributed by atoms with Crippen molar-refractivity contribution in [3.8, 4) is 0 Å². The molecule has 15 heavy (non-hydrogen) atoms. The molecule has 1 fully saturated rings. The summed E-state index contributed by atoms with van der Waals surface area (Å²) in [7, 11) is 0. The minimum Gasteiger partial charge on any atom is -0.356 e. The van der Waals surface area contributed by atoms with Crippen molar-refractivity contribution in [1.82, 2.24) is 5.32 Å². The lowest BCUT2D eigenvalue weighted by atomic mass is 10.3. The molecule has 2 nitrogen and oxygen atoms in total. The summed E-state index contributed by atoms with van der Waals surface area (Å²) >= 11 is 0. The highest BCUT2D eigenvalue weighted by Crippen LogP contribution is 2.36. The van der Waals surface area contributed by atoms with Crippen molar-refractivity contribution in [3.63, 3.8) is 0 Å². The molecule has 0 radical (unpaired) electrons. The van der Waals surface area contributed by atoms with Crippen molar-refractivity contribution < 1.29 is 31.1 Å². The van der Waals surface area contributed by atoms with Crippen molar-refractivity contribution in [2.45, 2.75) is 31.0 Å². The number of nitrogens with one attached hydrogen (secondary N) is 1. The lowest BCUT2D eigenvalue weighted by Gasteiger charge is -2.25. The first-order valence-electron chi connectivity index (χ1n) is 4.21. The van der Waals surface area contributed by atoms with E-state index in [-0.39, 0.29) is 13.0 Å². The molecule has 0 aromatic heterocycles. The fraction of sp³-hybridized carbons (Fsp3) is 1.00. The molecule has 1 heterocycles. The van der Waals surface area contributed by atoms with Gasteiger partial charge in [-0.1, -0.05) is 0 Å². The second-order valence-corrected chi connectivity index (χ2v) is 3.21. The highest BCUT2D eigenvalue weighted by Gasteiger charge is 2.58. The molecule has 1 rings (SSSR count). The molecule has 0 saturated carbocycles. The maximum Gasteiger partial charge on any atom is 0.423 e. The quantitative estimate of drug-likeness (QED) is 0.740. The van der Waals surface area contributed by atoms with Crippen LogP contribution in [0.5, 0.6) is 0 Å². The molecular weight excluding hydrogens is 228 g/mol. The van der Waals surface area contributed by atoms with E-state index in [0.29, 0.717) is 6.54 Å². The molecule has 0 aromatic carbocycles. The minimum absolute atomic E-state index is 0.0165. The first-order valence-corrected chi connectivity index (χ1v) is 4.21. The Bertz CT molecular complexity index is 193. The van der Waals surface area contributed by atoms with E-state index in [4.69, 9.17) is 0 Å². The Morgan fingerprint density at radius 3 is 1.93 bits per heavy atom. The first kappa shape index (κ1) is 12.6. The van der Waals surface area contributed by atoms with Crippen molar-refractivity contribution >= 4 is 0 Å². The third kappa shape index (κ3) is 3.53. The number of hydrogen-bond acceptors (Lipinski definition) is 2. The van der Waals surface area contributed by atoms with Crippen molar-refractivity contribution in [2.24, 2.45) is 0 Å². The molecule has 0 aliphatic carbocycles. The predicted octanol–water partition coefficient (Wildman–Crippen LogP) is 1.86. The minimum atomic E-state index is -5.42. The Hall–Kier alpha value is -0.500. The largest absolute Gasteiger partial charge is 0.423 e. The van der Waals surface area contributed by atoms with Gasteiger partial charge in [-0.2, -0.15) is 26.3 Å². The van der Waals surface area contributed by atoms with E-state index in [9.17, 15) is 26.3 Å². The third-order valence-electron chi connectivity index (χ3n) is 1.94. The standard InChI is InChI=1S/C7H9F6NO/c8-6(9,10)5(7(11,12)13)15-4-1-2-14-3-4/h4-5,14H,1-3H2. The zero-order chi connectivity index (χ0) is 11.7. The molecule has 1 unspecified atom stereocenters. The van der Waals surface area contributed by atoms with Crippen LogP contribution in [0.3, 0.4) is 0 Å². The van der Waals surface area contributed by atoms with Crippen LogP contribution >= 0.6 is 0 Å². The van der Waals surface area contributed by atoms with E-state index in [0.717, 1.165) is 0 Å². The maximum absolute atomic E-state index is 12.0. The SMILES string of the molecule is FC(F)(F)C(OC1CCNC1)C(F)(F)F. The van der Waals surface area contributed by atoms with Gasteiger partial charge < -0.3 is 10.1 Å². The van der Waals surface area contributed by atoms with Gasteiger partial charge in [0.2, 0.25) is 6.10 Å². The van der Waals surface area contributed by atoms with E-state index in [1.807, 2.05) is 0 Å². The predicted molar refractivity (Wildman–Crippen MR) is 38.3 cm³/mol. The normalized spacial score (nSPS) is 23.8. The number of alkyl halides is 6. The van der Waals surface area contributed by atoms with Crippen molar-refractivity contribution in [3.05, 3.63) is 0 Å². The number of hydrogen-bond donors (Lipinski definition) is 1. The Morgan fingerprint density at radius 2 is 1.60 bits per heavy atom. The fourth-order valence-electron chi connectivity index (χ4n) is 1.28. The summed E-state index contributed by atoms with van der Waals surface area (Å²) < 4.78 is 76.1. The monoisotopic (exact) mass is 237 g/mol. The molecule has 1 atom stereocenters. The molecule has 1 N–H and O–H groups in total.